The molecule has 0 saturated heterocycles. The molecule has 0 radical (unpaired) electrons. The average Bonchev–Trinajstić information content (AvgIpc) is 1.35. The van der Waals surface area contributed by atoms with E-state index in [9.17, 15) is 4.79 Å². The van der Waals surface area contributed by atoms with E-state index in [0.717, 1.165) is 12.6 Å². The fraction of sp³-hybridized carbons (Fsp3) is 0.250. The van der Waals surface area contributed by atoms with Crippen molar-refractivity contribution in [2.24, 2.45) is 0 Å². The van der Waals surface area contributed by atoms with Gasteiger partial charge in [-0.25, -0.2) is 4.79 Å². The van der Waals surface area contributed by atoms with Crippen molar-refractivity contribution in [2.75, 3.05) is 0 Å². The van der Waals surface area contributed by atoms with Gasteiger partial charge >= 0.3 is 5.78 Å². The summed E-state index contributed by atoms with van der Waals surface area (Å²) in [5.74, 6) is -0.141. The van der Waals surface area contributed by atoms with Gasteiger partial charge in [-0.15, -0.1) is 0 Å². The van der Waals surface area contributed by atoms with E-state index >= 15 is 0 Å². The van der Waals surface area contributed by atoms with Crippen LogP contribution in [0.3, 0.4) is 0 Å². The molecule has 0 rings (SSSR count). The lowest BCUT2D eigenvalue weighted by Crippen LogP contribution is -1.88. The number of hydrogen-bond acceptors (Lipinski definition) is 1. The van der Waals surface area contributed by atoms with E-state index in [1.54, 1.807) is 0 Å². The van der Waals surface area contributed by atoms with Crippen LogP contribution in [0, 0.1) is 6.42 Å². The second kappa shape index (κ2) is 2.45. The van der Waals surface area contributed by atoms with Gasteiger partial charge in [-0.05, 0) is 6.21 Å². The van der Waals surface area contributed by atoms with Crippen molar-refractivity contribution in [1.29, 1.82) is 0 Å². The van der Waals surface area contributed by atoms with Crippen molar-refractivity contribution in [3.8, 4) is 0 Å². The number of rotatable bonds is 2. The van der Waals surface area contributed by atoms with Gasteiger partial charge in [0.25, 0.3) is 0 Å². The van der Waals surface area contributed by atoms with Crippen LogP contribution in [-0.4, -0.2) is 12.0 Å². The minimum absolute atomic E-state index is 0.141. The molecule has 0 aliphatic heterocycles. The zero-order valence-corrected chi connectivity index (χ0v) is 3.51. The average molecular weight is 83.1 g/mol. The molecule has 2 nitrogen and oxygen atoms in total. The lowest BCUT2D eigenvalue weighted by atomic mass is 10.3. The zero-order valence-electron chi connectivity index (χ0n) is 3.51. The van der Waals surface area contributed by atoms with Crippen LogP contribution in [0.4, 0.5) is 0 Å². The molecule has 0 amide bonds. The predicted octanol–water partition coefficient (Wildman–Crippen LogP) is 0.420. The lowest BCUT2D eigenvalue weighted by molar-refractivity contribution is -0.113. The molecule has 32 valence electrons. The first-order chi connectivity index (χ1) is 2.77. The van der Waals surface area contributed by atoms with Gasteiger partial charge in [0, 0.05) is 6.92 Å². The van der Waals surface area contributed by atoms with E-state index in [1.165, 1.54) is 6.92 Å². The van der Waals surface area contributed by atoms with Crippen LogP contribution in [-0.2, 0) is 4.79 Å². The highest BCUT2D eigenvalue weighted by Crippen LogP contribution is 1.68. The first-order valence-electron chi connectivity index (χ1n) is 1.58. The zero-order chi connectivity index (χ0) is 4.99. The molecule has 0 aliphatic carbocycles. The number of carbonyl (C=O) groups excluding carboxylic acids is 1. The summed E-state index contributed by atoms with van der Waals surface area (Å²) in [7, 11) is 0. The molecule has 0 atom stereocenters. The minimum Gasteiger partial charge on any atom is -0.770 e. The standard InChI is InChI=1S/C4H5NO/c1-4(6)2-3-5/h2-3H,1H3. The molecule has 0 fully saturated rings. The summed E-state index contributed by atoms with van der Waals surface area (Å²) in [4.78, 5) is 9.80. The van der Waals surface area contributed by atoms with Crippen LogP contribution < -0.4 is 0 Å². The maximum atomic E-state index is 9.80. The number of carbonyl (C=O) groups is 1. The van der Waals surface area contributed by atoms with E-state index in [0.29, 0.717) is 0 Å². The third-order valence-corrected chi connectivity index (χ3v) is 0.309. The van der Waals surface area contributed by atoms with Crippen molar-refractivity contribution in [2.45, 2.75) is 6.92 Å². The van der Waals surface area contributed by atoms with Gasteiger partial charge in [-0.3, -0.25) is 0 Å². The Labute approximate surface area is 36.7 Å². The fourth-order valence-electron chi connectivity index (χ4n) is 0.105. The monoisotopic (exact) mass is 83.0 g/mol. The van der Waals surface area contributed by atoms with Gasteiger partial charge in [0.05, 0.1) is 0 Å². The molecule has 0 aliphatic rings. The normalized spacial score (nSPS) is 6.83. The molecule has 0 heterocycles. The number of hydrogen-bond donors (Lipinski definition) is 0. The summed E-state index contributed by atoms with van der Waals surface area (Å²) < 4.78 is 0. The van der Waals surface area contributed by atoms with Crippen molar-refractivity contribution < 1.29 is 4.79 Å². The van der Waals surface area contributed by atoms with Crippen LogP contribution in [0.2, 0.25) is 0 Å². The summed E-state index contributed by atoms with van der Waals surface area (Å²) in [6.45, 7) is 1.37. The number of ketones is 1. The summed E-state index contributed by atoms with van der Waals surface area (Å²) in [5, 5.41) is 7.84. The van der Waals surface area contributed by atoms with E-state index in [1.807, 2.05) is 0 Å². The summed E-state index contributed by atoms with van der Waals surface area (Å²) >= 11 is 0. The Morgan fingerprint density at radius 2 is 2.50 bits per heavy atom. The molecule has 0 N–H and O–H groups in total. The van der Waals surface area contributed by atoms with Gasteiger partial charge in [-0.1, -0.05) is 0 Å². The quantitative estimate of drug-likeness (QED) is 0.352. The molecule has 0 aromatic rings. The second-order valence-electron chi connectivity index (χ2n) is 0.926. The Morgan fingerprint density at radius 1 is 2.00 bits per heavy atom. The van der Waals surface area contributed by atoms with Gasteiger partial charge in [0.2, 0.25) is 0 Å². The molecular formula is C4H5NO. The Morgan fingerprint density at radius 3 is 2.50 bits per heavy atom. The highest BCUT2D eigenvalue weighted by molar-refractivity contribution is 6.02. The second-order valence-corrected chi connectivity index (χ2v) is 0.926. The first-order valence-corrected chi connectivity index (χ1v) is 1.58. The van der Waals surface area contributed by atoms with Crippen molar-refractivity contribution in [3.63, 3.8) is 0 Å². The molecular weight excluding hydrogens is 78.0 g/mol. The van der Waals surface area contributed by atoms with Gasteiger partial charge in [0.15, 0.2) is 6.42 Å². The smallest absolute Gasteiger partial charge is 0.306 e. The predicted molar refractivity (Wildman–Crippen MR) is 24.4 cm³/mol. The molecule has 0 aromatic heterocycles. The minimum atomic E-state index is -0.141. The van der Waals surface area contributed by atoms with Gasteiger partial charge < -0.3 is 5.41 Å². The summed E-state index contributed by atoms with van der Waals surface area (Å²) in [6, 6.07) is 0. The largest absolute Gasteiger partial charge is 0.770 e. The maximum Gasteiger partial charge on any atom is 0.306 e. The van der Waals surface area contributed by atoms with Gasteiger partial charge in [0.1, 0.15) is 0 Å². The Kier molecular flexibility index (Phi) is 2.13. The van der Waals surface area contributed by atoms with Crippen LogP contribution in [0.25, 0.3) is 5.41 Å². The topological polar surface area (TPSA) is 39.4 Å². The summed E-state index contributed by atoms with van der Waals surface area (Å²) in [5.41, 5.74) is 0. The van der Waals surface area contributed by atoms with Gasteiger partial charge in [-0.2, -0.15) is 0 Å². The highest BCUT2D eigenvalue weighted by atomic mass is 16.1. The Balaban J connectivity index is 3.05. The molecule has 0 spiro atoms. The van der Waals surface area contributed by atoms with Crippen LogP contribution in [0.15, 0.2) is 0 Å². The SMILES string of the molecule is CC(=O)[CH+]C=[N-]. The molecule has 6 heavy (non-hydrogen) atoms. The van der Waals surface area contributed by atoms with Crippen molar-refractivity contribution in [3.05, 3.63) is 11.8 Å². The summed E-state index contributed by atoms with van der Waals surface area (Å²) in [6.07, 6.45) is 1.81. The molecule has 2 heteroatoms. The van der Waals surface area contributed by atoms with E-state index in [4.69, 9.17) is 5.41 Å². The van der Waals surface area contributed by atoms with Crippen molar-refractivity contribution in [1.82, 2.24) is 0 Å². The van der Waals surface area contributed by atoms with Crippen molar-refractivity contribution >= 4 is 12.0 Å². The third-order valence-electron chi connectivity index (χ3n) is 0.309. The third kappa shape index (κ3) is 3.21. The number of nitrogens with zero attached hydrogens (tertiary/aromatic N) is 1. The molecule has 0 unspecified atom stereocenters. The Hall–Kier alpha value is -0.790. The van der Waals surface area contributed by atoms with E-state index in [2.05, 4.69) is 0 Å². The maximum absolute atomic E-state index is 9.80. The van der Waals surface area contributed by atoms with Crippen LogP contribution in [0.5, 0.6) is 0 Å². The van der Waals surface area contributed by atoms with Crippen LogP contribution in [0.1, 0.15) is 6.92 Å². The fourth-order valence-corrected chi connectivity index (χ4v) is 0.105. The first kappa shape index (κ1) is 5.21. The lowest BCUT2D eigenvalue weighted by Gasteiger charge is -1.68. The molecule has 0 bridgehead atoms. The molecule has 0 saturated carbocycles. The highest BCUT2D eigenvalue weighted by Gasteiger charge is 1.92. The van der Waals surface area contributed by atoms with E-state index in [-0.39, 0.29) is 5.78 Å². The molecule has 0 aromatic carbocycles. The Bertz CT molecular complexity index is 67.9. The van der Waals surface area contributed by atoms with Crippen LogP contribution >= 0.6 is 0 Å². The van der Waals surface area contributed by atoms with E-state index < -0.39 is 0 Å². The number of Topliss-reactive ketones (excluding diaryl/α,β-unsaturated/α-hetero) is 1.